The second kappa shape index (κ2) is 7.20. The highest BCUT2D eigenvalue weighted by Gasteiger charge is 1.92. The van der Waals surface area contributed by atoms with E-state index in [0.717, 1.165) is 19.6 Å². The highest BCUT2D eigenvalue weighted by molar-refractivity contribution is 5.52. The highest BCUT2D eigenvalue weighted by Crippen LogP contribution is 2.04. The molecule has 2 nitrogen and oxygen atoms in total. The zero-order valence-corrected chi connectivity index (χ0v) is 10.5. The largest absolute Gasteiger partial charge is 0.312 e. The zero-order valence-electron chi connectivity index (χ0n) is 10.5. The van der Waals surface area contributed by atoms with E-state index in [2.05, 4.69) is 61.6 Å². The first-order chi connectivity index (χ1) is 7.68. The average molecular weight is 218 g/mol. The van der Waals surface area contributed by atoms with Crippen molar-refractivity contribution in [3.63, 3.8) is 0 Å². The van der Waals surface area contributed by atoms with Crippen LogP contribution >= 0.6 is 0 Å². The number of hydrogen-bond acceptors (Lipinski definition) is 2. The van der Waals surface area contributed by atoms with Crippen LogP contribution in [0.2, 0.25) is 0 Å². The lowest BCUT2D eigenvalue weighted by Crippen LogP contribution is -2.27. The highest BCUT2D eigenvalue weighted by atomic mass is 15.1. The molecule has 2 heteroatoms. The summed E-state index contributed by atoms with van der Waals surface area (Å²) in [5, 5.41) is 3.43. The maximum Gasteiger partial charge on any atom is 0.0165 e. The van der Waals surface area contributed by atoms with Crippen molar-refractivity contribution in [1.82, 2.24) is 10.2 Å². The molecule has 16 heavy (non-hydrogen) atoms. The van der Waals surface area contributed by atoms with Crippen LogP contribution < -0.4 is 5.32 Å². The average Bonchev–Trinajstić information content (AvgIpc) is 2.25. The summed E-state index contributed by atoms with van der Waals surface area (Å²) in [5.41, 5.74) is 2.64. The number of rotatable bonds is 6. The Balaban J connectivity index is 2.30. The molecule has 1 aromatic rings. The molecule has 1 aromatic carbocycles. The first-order valence-corrected chi connectivity index (χ1v) is 5.76. The first-order valence-electron chi connectivity index (χ1n) is 5.76. The van der Waals surface area contributed by atoms with Gasteiger partial charge in [0.2, 0.25) is 0 Å². The van der Waals surface area contributed by atoms with Gasteiger partial charge < -0.3 is 10.2 Å². The normalized spacial score (nSPS) is 12.1. The molecular formula is C14H22N2. The Labute approximate surface area is 99.0 Å². The molecule has 1 N–H and O–H groups in total. The summed E-state index contributed by atoms with van der Waals surface area (Å²) in [4.78, 5) is 2.18. The molecule has 0 aliphatic rings. The Bertz CT molecular complexity index is 315. The molecule has 0 aliphatic heterocycles. The Kier molecular flexibility index (Phi) is 5.83. The Morgan fingerprint density at radius 3 is 2.56 bits per heavy atom. The van der Waals surface area contributed by atoms with Crippen LogP contribution in [0.3, 0.4) is 0 Å². The van der Waals surface area contributed by atoms with Crippen molar-refractivity contribution in [3.8, 4) is 0 Å². The maximum absolute atomic E-state index is 3.43. The summed E-state index contributed by atoms with van der Waals surface area (Å²) in [7, 11) is 4.18. The van der Waals surface area contributed by atoms with E-state index in [0.29, 0.717) is 0 Å². The lowest BCUT2D eigenvalue weighted by Gasteiger charge is -2.10. The third-order valence-corrected chi connectivity index (χ3v) is 2.35. The van der Waals surface area contributed by atoms with Crippen LogP contribution in [0.25, 0.3) is 6.08 Å². The lowest BCUT2D eigenvalue weighted by molar-refractivity contribution is 0.403. The monoisotopic (exact) mass is 218 g/mol. The van der Waals surface area contributed by atoms with Gasteiger partial charge in [0.1, 0.15) is 0 Å². The van der Waals surface area contributed by atoms with Crippen LogP contribution in [0.15, 0.2) is 35.9 Å². The first kappa shape index (κ1) is 12.9. The molecule has 0 amide bonds. The van der Waals surface area contributed by atoms with Crippen LogP contribution in [0, 0.1) is 0 Å². The van der Waals surface area contributed by atoms with Gasteiger partial charge in [-0.05, 0) is 26.6 Å². The number of nitrogens with one attached hydrogen (secondary N) is 1. The summed E-state index contributed by atoms with van der Waals surface area (Å²) >= 11 is 0. The SMILES string of the molecule is C/C(=C\c1ccccc1)CNCCN(C)C. The topological polar surface area (TPSA) is 15.3 Å². The van der Waals surface area contributed by atoms with E-state index >= 15 is 0 Å². The molecule has 0 heterocycles. The van der Waals surface area contributed by atoms with Gasteiger partial charge in [-0.15, -0.1) is 0 Å². The molecule has 0 radical (unpaired) electrons. The van der Waals surface area contributed by atoms with Crippen LogP contribution in [-0.2, 0) is 0 Å². The van der Waals surface area contributed by atoms with Crippen molar-refractivity contribution in [2.75, 3.05) is 33.7 Å². The minimum absolute atomic E-state index is 0.961. The van der Waals surface area contributed by atoms with Crippen molar-refractivity contribution in [2.24, 2.45) is 0 Å². The maximum atomic E-state index is 3.43. The van der Waals surface area contributed by atoms with E-state index in [-0.39, 0.29) is 0 Å². The standard InChI is InChI=1S/C14H22N2/c1-13(12-15-9-10-16(2)3)11-14-7-5-4-6-8-14/h4-8,11,15H,9-10,12H2,1-3H3/b13-11+. The second-order valence-electron chi connectivity index (χ2n) is 4.38. The van der Waals surface area contributed by atoms with Crippen molar-refractivity contribution < 1.29 is 0 Å². The van der Waals surface area contributed by atoms with Crippen molar-refractivity contribution in [1.29, 1.82) is 0 Å². The predicted octanol–water partition coefficient (Wildman–Crippen LogP) is 2.24. The van der Waals surface area contributed by atoms with E-state index in [1.807, 2.05) is 6.07 Å². The fourth-order valence-electron chi connectivity index (χ4n) is 1.47. The molecule has 0 bridgehead atoms. The predicted molar refractivity (Wildman–Crippen MR) is 71.5 cm³/mol. The molecule has 0 saturated heterocycles. The third-order valence-electron chi connectivity index (χ3n) is 2.35. The number of hydrogen-bond donors (Lipinski definition) is 1. The van der Waals surface area contributed by atoms with Gasteiger partial charge in [0, 0.05) is 19.6 Å². The Hall–Kier alpha value is -1.12. The molecule has 0 fully saturated rings. The van der Waals surface area contributed by atoms with Crippen molar-refractivity contribution in [3.05, 3.63) is 41.5 Å². The Morgan fingerprint density at radius 1 is 1.25 bits per heavy atom. The molecule has 0 atom stereocenters. The molecule has 0 saturated carbocycles. The molecule has 0 unspecified atom stereocenters. The van der Waals surface area contributed by atoms with E-state index in [9.17, 15) is 0 Å². The number of nitrogens with zero attached hydrogens (tertiary/aromatic N) is 1. The number of benzene rings is 1. The second-order valence-corrected chi connectivity index (χ2v) is 4.38. The molecule has 88 valence electrons. The molecule has 0 aliphatic carbocycles. The molecule has 0 aromatic heterocycles. The van der Waals surface area contributed by atoms with Crippen molar-refractivity contribution >= 4 is 6.08 Å². The van der Waals surface area contributed by atoms with Crippen LogP contribution in [0.5, 0.6) is 0 Å². The zero-order chi connectivity index (χ0) is 11.8. The van der Waals surface area contributed by atoms with E-state index in [4.69, 9.17) is 0 Å². The molecule has 0 spiro atoms. The minimum Gasteiger partial charge on any atom is -0.312 e. The van der Waals surface area contributed by atoms with E-state index < -0.39 is 0 Å². The van der Waals surface area contributed by atoms with Gasteiger partial charge in [-0.25, -0.2) is 0 Å². The van der Waals surface area contributed by atoms with Gasteiger partial charge in [0.25, 0.3) is 0 Å². The van der Waals surface area contributed by atoms with Gasteiger partial charge in [-0.2, -0.15) is 0 Å². The number of likely N-dealkylation sites (N-methyl/N-ethyl adjacent to an activating group) is 1. The van der Waals surface area contributed by atoms with Crippen LogP contribution in [-0.4, -0.2) is 38.6 Å². The van der Waals surface area contributed by atoms with Gasteiger partial charge in [0.15, 0.2) is 0 Å². The summed E-state index contributed by atoms with van der Waals surface area (Å²) in [6.07, 6.45) is 2.22. The minimum atomic E-state index is 0.961. The van der Waals surface area contributed by atoms with Gasteiger partial charge in [-0.1, -0.05) is 42.0 Å². The van der Waals surface area contributed by atoms with Crippen molar-refractivity contribution in [2.45, 2.75) is 6.92 Å². The smallest absolute Gasteiger partial charge is 0.0165 e. The van der Waals surface area contributed by atoms with E-state index in [1.54, 1.807) is 0 Å². The molecular weight excluding hydrogens is 196 g/mol. The van der Waals surface area contributed by atoms with Gasteiger partial charge >= 0.3 is 0 Å². The quantitative estimate of drug-likeness (QED) is 0.737. The summed E-state index contributed by atoms with van der Waals surface area (Å²) in [6, 6.07) is 10.4. The Morgan fingerprint density at radius 2 is 1.94 bits per heavy atom. The fourth-order valence-corrected chi connectivity index (χ4v) is 1.47. The molecule has 1 rings (SSSR count). The summed E-state index contributed by atoms with van der Waals surface area (Å²) < 4.78 is 0. The summed E-state index contributed by atoms with van der Waals surface area (Å²) in [5.74, 6) is 0. The van der Waals surface area contributed by atoms with Gasteiger partial charge in [0.05, 0.1) is 0 Å². The van der Waals surface area contributed by atoms with Gasteiger partial charge in [-0.3, -0.25) is 0 Å². The summed E-state index contributed by atoms with van der Waals surface area (Å²) in [6.45, 7) is 5.24. The van der Waals surface area contributed by atoms with E-state index in [1.165, 1.54) is 11.1 Å². The fraction of sp³-hybridized carbons (Fsp3) is 0.429. The lowest BCUT2D eigenvalue weighted by atomic mass is 10.1. The van der Waals surface area contributed by atoms with Crippen LogP contribution in [0.1, 0.15) is 12.5 Å². The third kappa shape index (κ3) is 5.69. The van der Waals surface area contributed by atoms with Crippen LogP contribution in [0.4, 0.5) is 0 Å².